The molecule has 0 saturated carbocycles. The van der Waals surface area contributed by atoms with E-state index in [1.54, 1.807) is 30.3 Å². The van der Waals surface area contributed by atoms with Gasteiger partial charge in [0.25, 0.3) is 5.91 Å². The molecule has 1 saturated heterocycles. The van der Waals surface area contributed by atoms with Crippen molar-refractivity contribution >= 4 is 35.0 Å². The summed E-state index contributed by atoms with van der Waals surface area (Å²) in [7, 11) is 1.52. The Morgan fingerprint density at radius 3 is 2.77 bits per heavy atom. The number of hydrogen-bond acceptors (Lipinski definition) is 6. The molecule has 2 aromatic rings. The number of nitrogens with one attached hydrogen (secondary N) is 1. The van der Waals surface area contributed by atoms with Crippen molar-refractivity contribution < 1.29 is 19.0 Å². The Balaban J connectivity index is 1.90. The van der Waals surface area contributed by atoms with Crippen LogP contribution in [0.1, 0.15) is 12.5 Å². The van der Waals surface area contributed by atoms with Gasteiger partial charge in [-0.3, -0.25) is 4.79 Å². The highest BCUT2D eigenvalue weighted by atomic mass is 35.5. The molecule has 1 aliphatic rings. The van der Waals surface area contributed by atoms with Crippen molar-refractivity contribution in [1.82, 2.24) is 0 Å². The van der Waals surface area contributed by atoms with E-state index in [1.165, 1.54) is 13.2 Å². The molecule has 0 spiro atoms. The van der Waals surface area contributed by atoms with Gasteiger partial charge in [0.1, 0.15) is 11.6 Å². The lowest BCUT2D eigenvalue weighted by Crippen LogP contribution is -2.36. The third-order valence-electron chi connectivity index (χ3n) is 4.74. The van der Waals surface area contributed by atoms with Gasteiger partial charge in [-0.1, -0.05) is 23.7 Å². The van der Waals surface area contributed by atoms with E-state index in [4.69, 9.17) is 25.8 Å². The second-order valence-corrected chi connectivity index (χ2v) is 7.13. The van der Waals surface area contributed by atoms with Crippen LogP contribution >= 0.6 is 11.6 Å². The maximum Gasteiger partial charge on any atom is 0.266 e. The molecule has 3 rings (SSSR count). The van der Waals surface area contributed by atoms with Gasteiger partial charge in [-0.15, -0.1) is 0 Å². The van der Waals surface area contributed by atoms with Crippen molar-refractivity contribution in [3.05, 3.63) is 52.6 Å². The minimum Gasteiger partial charge on any atom is -0.492 e. The van der Waals surface area contributed by atoms with E-state index in [1.807, 2.05) is 19.1 Å². The topological polar surface area (TPSA) is 83.8 Å². The number of carbonyl (C=O) groups excluding carboxylic acids is 1. The summed E-state index contributed by atoms with van der Waals surface area (Å²) >= 11 is 6.16. The van der Waals surface area contributed by atoms with E-state index < -0.39 is 5.91 Å². The third kappa shape index (κ3) is 5.48. The van der Waals surface area contributed by atoms with E-state index in [0.717, 1.165) is 5.69 Å². The van der Waals surface area contributed by atoms with Gasteiger partial charge in [0.15, 0.2) is 11.5 Å². The minimum atomic E-state index is -0.539. The van der Waals surface area contributed by atoms with Gasteiger partial charge >= 0.3 is 0 Å². The van der Waals surface area contributed by atoms with Crippen LogP contribution in [-0.2, 0) is 9.53 Å². The van der Waals surface area contributed by atoms with Crippen molar-refractivity contribution in [2.24, 2.45) is 0 Å². The van der Waals surface area contributed by atoms with E-state index in [2.05, 4.69) is 10.2 Å². The fourth-order valence-electron chi connectivity index (χ4n) is 3.32. The first kappa shape index (κ1) is 22.5. The summed E-state index contributed by atoms with van der Waals surface area (Å²) in [5, 5.41) is 13.0. The zero-order valence-corrected chi connectivity index (χ0v) is 18.2. The number of methoxy groups -OCH3 is 1. The van der Waals surface area contributed by atoms with E-state index >= 15 is 0 Å². The summed E-state index contributed by atoms with van der Waals surface area (Å²) in [5.41, 5.74) is 1.87. The average Bonchev–Trinajstić information content (AvgIpc) is 2.78. The standard InChI is InChI=1S/C23H24ClN3O4/c1-3-31-21-6-4-5-16(22(21)29-2)13-17(15-25)23(28)26-19-14-18(24)7-8-20(19)27-9-11-30-12-10-27/h4-8,13-14H,3,9-12H2,1-2H3,(H,26,28)/b17-13+. The molecule has 1 fully saturated rings. The van der Waals surface area contributed by atoms with Crippen molar-refractivity contribution in [1.29, 1.82) is 5.26 Å². The van der Waals surface area contributed by atoms with Crippen molar-refractivity contribution in [3.8, 4) is 17.6 Å². The van der Waals surface area contributed by atoms with Gasteiger partial charge < -0.3 is 24.4 Å². The van der Waals surface area contributed by atoms with Crippen LogP contribution in [0.5, 0.6) is 11.5 Å². The number of amides is 1. The quantitative estimate of drug-likeness (QED) is 0.513. The zero-order valence-electron chi connectivity index (χ0n) is 17.5. The number of ether oxygens (including phenoxy) is 3. The predicted molar refractivity (Wildman–Crippen MR) is 121 cm³/mol. The van der Waals surface area contributed by atoms with E-state index in [-0.39, 0.29) is 5.57 Å². The summed E-state index contributed by atoms with van der Waals surface area (Å²) < 4.78 is 16.4. The predicted octanol–water partition coefficient (Wildman–Crippen LogP) is 4.13. The number of morpholine rings is 1. The number of nitrogens with zero attached hydrogens (tertiary/aromatic N) is 2. The third-order valence-corrected chi connectivity index (χ3v) is 4.97. The van der Waals surface area contributed by atoms with Gasteiger partial charge in [-0.05, 0) is 37.3 Å². The SMILES string of the molecule is CCOc1cccc(/C=C(\C#N)C(=O)Nc2cc(Cl)ccc2N2CCOCC2)c1OC. The molecule has 31 heavy (non-hydrogen) atoms. The van der Waals surface area contributed by atoms with Gasteiger partial charge in [0.2, 0.25) is 0 Å². The first-order chi connectivity index (χ1) is 15.1. The second-order valence-electron chi connectivity index (χ2n) is 6.70. The van der Waals surface area contributed by atoms with Crippen LogP contribution in [0.2, 0.25) is 5.02 Å². The number of benzene rings is 2. The monoisotopic (exact) mass is 441 g/mol. The summed E-state index contributed by atoms with van der Waals surface area (Å²) in [4.78, 5) is 15.1. The van der Waals surface area contributed by atoms with Gasteiger partial charge in [0.05, 0.1) is 38.3 Å². The van der Waals surface area contributed by atoms with E-state index in [9.17, 15) is 10.1 Å². The number of rotatable bonds is 7. The van der Waals surface area contributed by atoms with Crippen molar-refractivity contribution in [2.75, 3.05) is 50.2 Å². The first-order valence-corrected chi connectivity index (χ1v) is 10.3. The lowest BCUT2D eigenvalue weighted by atomic mass is 10.1. The Kier molecular flexibility index (Phi) is 7.76. The molecular weight excluding hydrogens is 418 g/mol. The maximum absolute atomic E-state index is 12.9. The molecule has 0 bridgehead atoms. The number of nitriles is 1. The molecule has 0 atom stereocenters. The number of carbonyl (C=O) groups is 1. The van der Waals surface area contributed by atoms with Crippen LogP contribution < -0.4 is 19.7 Å². The van der Waals surface area contributed by atoms with Crippen LogP contribution in [0, 0.1) is 11.3 Å². The molecule has 0 radical (unpaired) electrons. The van der Waals surface area contributed by atoms with Crippen LogP contribution in [0.4, 0.5) is 11.4 Å². The molecule has 1 amide bonds. The van der Waals surface area contributed by atoms with Gasteiger partial charge in [-0.25, -0.2) is 0 Å². The molecular formula is C23H24ClN3O4. The molecule has 8 heteroatoms. The van der Waals surface area contributed by atoms with E-state index in [0.29, 0.717) is 60.7 Å². The molecule has 1 N–H and O–H groups in total. The number of hydrogen-bond donors (Lipinski definition) is 1. The highest BCUT2D eigenvalue weighted by Crippen LogP contribution is 2.33. The van der Waals surface area contributed by atoms with Crippen LogP contribution in [0.25, 0.3) is 6.08 Å². The Labute approximate surface area is 186 Å². The van der Waals surface area contributed by atoms with Gasteiger partial charge in [-0.2, -0.15) is 5.26 Å². The number of halogens is 1. The summed E-state index contributed by atoms with van der Waals surface area (Å²) in [6.07, 6.45) is 1.48. The summed E-state index contributed by atoms with van der Waals surface area (Å²) in [6.45, 7) is 4.95. The van der Waals surface area contributed by atoms with Crippen LogP contribution in [-0.4, -0.2) is 45.9 Å². The van der Waals surface area contributed by atoms with Crippen LogP contribution in [0.3, 0.4) is 0 Å². The molecule has 1 heterocycles. The highest BCUT2D eigenvalue weighted by Gasteiger charge is 2.19. The second kappa shape index (κ2) is 10.7. The minimum absolute atomic E-state index is 0.0696. The average molecular weight is 442 g/mol. The fraction of sp³-hybridized carbons (Fsp3) is 0.304. The number of anilines is 2. The summed E-state index contributed by atoms with van der Waals surface area (Å²) in [5.74, 6) is 0.464. The Morgan fingerprint density at radius 2 is 2.10 bits per heavy atom. The molecule has 0 aliphatic carbocycles. The number of para-hydroxylation sites is 1. The maximum atomic E-state index is 12.9. The largest absolute Gasteiger partial charge is 0.492 e. The van der Waals surface area contributed by atoms with Gasteiger partial charge in [0, 0.05) is 23.7 Å². The lowest BCUT2D eigenvalue weighted by molar-refractivity contribution is -0.112. The molecule has 1 aliphatic heterocycles. The normalized spacial score (nSPS) is 14.0. The molecule has 0 unspecified atom stereocenters. The molecule has 7 nitrogen and oxygen atoms in total. The summed E-state index contributed by atoms with van der Waals surface area (Å²) in [6, 6.07) is 12.6. The van der Waals surface area contributed by atoms with Crippen molar-refractivity contribution in [2.45, 2.75) is 6.92 Å². The Morgan fingerprint density at radius 1 is 1.32 bits per heavy atom. The first-order valence-electron chi connectivity index (χ1n) is 9.92. The van der Waals surface area contributed by atoms with Crippen LogP contribution in [0.15, 0.2) is 42.0 Å². The Bertz CT molecular complexity index is 1010. The molecule has 2 aromatic carbocycles. The smallest absolute Gasteiger partial charge is 0.266 e. The lowest BCUT2D eigenvalue weighted by Gasteiger charge is -2.30. The molecule has 162 valence electrons. The van der Waals surface area contributed by atoms with Crippen molar-refractivity contribution in [3.63, 3.8) is 0 Å². The Hall–Kier alpha value is -3.21. The zero-order chi connectivity index (χ0) is 22.2. The molecule has 0 aromatic heterocycles. The highest BCUT2D eigenvalue weighted by molar-refractivity contribution is 6.31. The fourth-order valence-corrected chi connectivity index (χ4v) is 3.49.